The van der Waals surface area contributed by atoms with E-state index in [4.69, 9.17) is 0 Å². The molecule has 2 rings (SSSR count). The predicted molar refractivity (Wildman–Crippen MR) is 64.0 cm³/mol. The summed E-state index contributed by atoms with van der Waals surface area (Å²) in [6, 6.07) is 0. The zero-order valence-electron chi connectivity index (χ0n) is 8.97. The number of fused-ring (bicyclic) bond motifs is 1. The highest BCUT2D eigenvalue weighted by Crippen LogP contribution is 2.02. The summed E-state index contributed by atoms with van der Waals surface area (Å²) in [6.45, 7) is 0.354. The summed E-state index contributed by atoms with van der Waals surface area (Å²) in [5.74, 6) is 0. The minimum atomic E-state index is -0.337. The highest BCUT2D eigenvalue weighted by atomic mass is 79.9. The molecule has 0 saturated heterocycles. The van der Waals surface area contributed by atoms with Crippen LogP contribution >= 0.6 is 15.9 Å². The van der Waals surface area contributed by atoms with Crippen LogP contribution in [0.4, 0.5) is 0 Å². The molecule has 6 nitrogen and oxygen atoms in total. The van der Waals surface area contributed by atoms with Gasteiger partial charge in [0.15, 0.2) is 11.2 Å². The molecule has 0 radical (unpaired) electrons. The van der Waals surface area contributed by atoms with Crippen LogP contribution in [0, 0.1) is 0 Å². The van der Waals surface area contributed by atoms with Gasteiger partial charge in [-0.05, 0) is 0 Å². The van der Waals surface area contributed by atoms with Gasteiger partial charge in [0.05, 0.1) is 6.33 Å². The molecule has 0 unspecified atom stereocenters. The van der Waals surface area contributed by atoms with Crippen LogP contribution in [0.25, 0.3) is 11.2 Å². The van der Waals surface area contributed by atoms with Crippen LogP contribution in [-0.2, 0) is 20.6 Å². The lowest BCUT2D eigenvalue weighted by molar-refractivity contribution is 0.642. The van der Waals surface area contributed by atoms with Gasteiger partial charge >= 0.3 is 5.69 Å². The SMILES string of the molecule is Cn1cnc2c1c(=O)n(CCBr)c(=O)n2C. The van der Waals surface area contributed by atoms with Gasteiger partial charge in [-0.1, -0.05) is 15.9 Å². The van der Waals surface area contributed by atoms with E-state index in [0.717, 1.165) is 0 Å². The lowest BCUT2D eigenvalue weighted by Gasteiger charge is -2.06. The summed E-state index contributed by atoms with van der Waals surface area (Å²) < 4.78 is 4.22. The van der Waals surface area contributed by atoms with Gasteiger partial charge in [-0.3, -0.25) is 13.9 Å². The maximum absolute atomic E-state index is 12.0. The topological polar surface area (TPSA) is 61.8 Å². The van der Waals surface area contributed by atoms with E-state index in [9.17, 15) is 9.59 Å². The fourth-order valence-corrected chi connectivity index (χ4v) is 2.03. The van der Waals surface area contributed by atoms with E-state index in [2.05, 4.69) is 20.9 Å². The lowest BCUT2D eigenvalue weighted by Crippen LogP contribution is -2.39. The number of hydrogen-bond donors (Lipinski definition) is 0. The molecule has 0 aliphatic heterocycles. The first kappa shape index (κ1) is 11.1. The number of nitrogens with zero attached hydrogens (tertiary/aromatic N) is 4. The van der Waals surface area contributed by atoms with Crippen molar-refractivity contribution in [2.24, 2.45) is 14.1 Å². The van der Waals surface area contributed by atoms with E-state index >= 15 is 0 Å². The van der Waals surface area contributed by atoms with E-state index in [-0.39, 0.29) is 11.2 Å². The maximum atomic E-state index is 12.0. The summed E-state index contributed by atoms with van der Waals surface area (Å²) in [6.07, 6.45) is 1.53. The molecule has 0 N–H and O–H groups in total. The van der Waals surface area contributed by atoms with Gasteiger partial charge in [0, 0.05) is 26.0 Å². The third-order valence-electron chi connectivity index (χ3n) is 2.51. The molecule has 0 spiro atoms. The van der Waals surface area contributed by atoms with Crippen molar-refractivity contribution in [2.45, 2.75) is 6.54 Å². The van der Waals surface area contributed by atoms with Crippen molar-refractivity contribution >= 4 is 27.1 Å². The van der Waals surface area contributed by atoms with Crippen molar-refractivity contribution in [1.29, 1.82) is 0 Å². The summed E-state index contributed by atoms with van der Waals surface area (Å²) in [5.41, 5.74) is 0.236. The fraction of sp³-hybridized carbons (Fsp3) is 0.444. The fourth-order valence-electron chi connectivity index (χ4n) is 1.68. The van der Waals surface area contributed by atoms with Gasteiger partial charge in [0.1, 0.15) is 0 Å². The molecule has 0 fully saturated rings. The minimum absolute atomic E-state index is 0.294. The third-order valence-corrected chi connectivity index (χ3v) is 2.86. The van der Waals surface area contributed by atoms with Gasteiger partial charge in [-0.15, -0.1) is 0 Å². The monoisotopic (exact) mass is 286 g/mol. The summed E-state index contributed by atoms with van der Waals surface area (Å²) >= 11 is 3.22. The average Bonchev–Trinajstić information content (AvgIpc) is 2.64. The molecule has 86 valence electrons. The summed E-state index contributed by atoms with van der Waals surface area (Å²) in [5, 5.41) is 0.561. The molecule has 7 heteroatoms. The Morgan fingerprint density at radius 2 is 2.06 bits per heavy atom. The quantitative estimate of drug-likeness (QED) is 0.720. The summed E-state index contributed by atoms with van der Waals surface area (Å²) in [4.78, 5) is 27.9. The van der Waals surface area contributed by atoms with Crippen molar-refractivity contribution in [3.05, 3.63) is 27.2 Å². The molecule has 2 aromatic rings. The second-order valence-corrected chi connectivity index (χ2v) is 4.31. The number of rotatable bonds is 2. The van der Waals surface area contributed by atoms with Gasteiger partial charge in [-0.2, -0.15) is 0 Å². The van der Waals surface area contributed by atoms with Crippen molar-refractivity contribution in [3.63, 3.8) is 0 Å². The lowest BCUT2D eigenvalue weighted by atomic mass is 10.5. The van der Waals surface area contributed by atoms with Gasteiger partial charge in [-0.25, -0.2) is 9.78 Å². The molecular weight excluding hydrogens is 276 g/mol. The van der Waals surface area contributed by atoms with Gasteiger partial charge in [0.2, 0.25) is 0 Å². The highest BCUT2D eigenvalue weighted by Gasteiger charge is 2.13. The Balaban J connectivity index is 2.98. The second-order valence-electron chi connectivity index (χ2n) is 3.52. The van der Waals surface area contributed by atoms with Crippen LogP contribution in [0.1, 0.15) is 0 Å². The van der Waals surface area contributed by atoms with Crippen LogP contribution in [0.3, 0.4) is 0 Å². The molecule has 0 aliphatic rings. The van der Waals surface area contributed by atoms with E-state index in [1.54, 1.807) is 18.7 Å². The van der Waals surface area contributed by atoms with Crippen molar-refractivity contribution in [2.75, 3.05) is 5.33 Å². The van der Waals surface area contributed by atoms with Crippen molar-refractivity contribution < 1.29 is 0 Å². The van der Waals surface area contributed by atoms with Crippen molar-refractivity contribution in [3.8, 4) is 0 Å². The largest absolute Gasteiger partial charge is 0.332 e. The van der Waals surface area contributed by atoms with E-state index in [0.29, 0.717) is 23.0 Å². The van der Waals surface area contributed by atoms with Gasteiger partial charge < -0.3 is 4.57 Å². The molecule has 0 aliphatic carbocycles. The standard InChI is InChI=1S/C9H11BrN4O2/c1-12-5-11-7-6(12)8(15)14(4-3-10)9(16)13(7)2/h5H,3-4H2,1-2H3. The Hall–Kier alpha value is -1.37. The number of halogens is 1. The Morgan fingerprint density at radius 1 is 1.38 bits per heavy atom. The molecule has 2 heterocycles. The first-order valence-corrected chi connectivity index (χ1v) is 5.87. The van der Waals surface area contributed by atoms with E-state index in [1.807, 2.05) is 0 Å². The highest BCUT2D eigenvalue weighted by molar-refractivity contribution is 9.09. The molecule has 0 bridgehead atoms. The van der Waals surface area contributed by atoms with Crippen LogP contribution < -0.4 is 11.2 Å². The number of imidazole rings is 1. The van der Waals surface area contributed by atoms with Crippen molar-refractivity contribution in [1.82, 2.24) is 18.7 Å². The van der Waals surface area contributed by atoms with E-state index < -0.39 is 0 Å². The normalized spacial score (nSPS) is 11.2. The van der Waals surface area contributed by atoms with Crippen LogP contribution in [0.15, 0.2) is 15.9 Å². The Kier molecular flexibility index (Phi) is 2.71. The molecule has 2 aromatic heterocycles. The average molecular weight is 287 g/mol. The molecular formula is C9H11BrN4O2. The number of aromatic nitrogens is 4. The van der Waals surface area contributed by atoms with Gasteiger partial charge in [0.25, 0.3) is 5.56 Å². The molecule has 16 heavy (non-hydrogen) atoms. The van der Waals surface area contributed by atoms with Crippen LogP contribution in [-0.4, -0.2) is 24.0 Å². The zero-order chi connectivity index (χ0) is 11.9. The number of alkyl halides is 1. The molecule has 0 amide bonds. The number of hydrogen-bond acceptors (Lipinski definition) is 3. The molecule has 0 aromatic carbocycles. The molecule has 0 atom stereocenters. The van der Waals surface area contributed by atoms with Crippen LogP contribution in [0.2, 0.25) is 0 Å². The Morgan fingerprint density at radius 3 is 2.69 bits per heavy atom. The first-order valence-electron chi connectivity index (χ1n) is 4.74. The predicted octanol–water partition coefficient (Wildman–Crippen LogP) is -0.171. The Labute approximate surface area is 99.3 Å². The maximum Gasteiger partial charge on any atom is 0.332 e. The van der Waals surface area contributed by atoms with Crippen LogP contribution in [0.5, 0.6) is 0 Å². The zero-order valence-corrected chi connectivity index (χ0v) is 10.6. The second kappa shape index (κ2) is 3.89. The summed E-state index contributed by atoms with van der Waals surface area (Å²) in [7, 11) is 3.35. The molecule has 0 saturated carbocycles. The first-order chi connectivity index (χ1) is 7.57. The Bertz CT molecular complexity index is 652. The smallest absolute Gasteiger partial charge is 0.328 e. The number of aryl methyl sites for hydroxylation is 2. The minimum Gasteiger partial charge on any atom is -0.328 e. The third kappa shape index (κ3) is 1.42. The van der Waals surface area contributed by atoms with E-state index in [1.165, 1.54) is 15.5 Å².